The Labute approximate surface area is 150 Å². The van der Waals surface area contributed by atoms with E-state index in [4.69, 9.17) is 4.74 Å². The second-order valence-electron chi connectivity index (χ2n) is 6.19. The zero-order valence-corrected chi connectivity index (χ0v) is 15.4. The number of benzene rings is 1. The lowest BCUT2D eigenvalue weighted by Crippen LogP contribution is -2.39. The van der Waals surface area contributed by atoms with Crippen LogP contribution in [-0.2, 0) is 4.79 Å². The average molecular weight is 346 g/mol. The van der Waals surface area contributed by atoms with Crippen molar-refractivity contribution in [2.24, 2.45) is 4.99 Å². The highest BCUT2D eigenvalue weighted by Gasteiger charge is 2.18. The van der Waals surface area contributed by atoms with Crippen LogP contribution in [0, 0.1) is 6.92 Å². The van der Waals surface area contributed by atoms with E-state index in [1.165, 1.54) is 5.56 Å². The normalized spacial score (nSPS) is 14.7. The molecule has 6 nitrogen and oxygen atoms in total. The number of carbonyl (C=O) groups excluding carboxylic acids is 1. The van der Waals surface area contributed by atoms with Crippen LogP contribution < -0.4 is 15.4 Å². The molecule has 6 heteroatoms. The lowest BCUT2D eigenvalue weighted by molar-refractivity contribution is -0.127. The van der Waals surface area contributed by atoms with Crippen molar-refractivity contribution < 1.29 is 9.53 Å². The van der Waals surface area contributed by atoms with E-state index in [1.807, 2.05) is 36.1 Å². The molecule has 0 unspecified atom stereocenters. The van der Waals surface area contributed by atoms with Crippen LogP contribution in [0.3, 0.4) is 0 Å². The molecule has 1 aromatic carbocycles. The number of hydrogen-bond donors (Lipinski definition) is 2. The summed E-state index contributed by atoms with van der Waals surface area (Å²) >= 11 is 0. The number of aryl methyl sites for hydroxylation is 1. The Hall–Kier alpha value is -2.24. The van der Waals surface area contributed by atoms with Gasteiger partial charge in [-0.2, -0.15) is 0 Å². The fourth-order valence-corrected chi connectivity index (χ4v) is 2.71. The topological polar surface area (TPSA) is 66.0 Å². The average Bonchev–Trinajstić information content (AvgIpc) is 3.02. The molecule has 1 aliphatic rings. The molecule has 0 bridgehead atoms. The summed E-state index contributed by atoms with van der Waals surface area (Å²) in [5, 5.41) is 6.50. The van der Waals surface area contributed by atoms with Crippen molar-refractivity contribution in [3.8, 4) is 5.75 Å². The number of nitrogens with zero attached hydrogens (tertiary/aromatic N) is 2. The summed E-state index contributed by atoms with van der Waals surface area (Å²) in [6.45, 7) is 8.59. The first kappa shape index (κ1) is 19.1. The summed E-state index contributed by atoms with van der Waals surface area (Å²) in [6.07, 6.45) is 2.59. The van der Waals surface area contributed by atoms with Gasteiger partial charge in [-0.05, 0) is 38.8 Å². The van der Waals surface area contributed by atoms with Crippen molar-refractivity contribution in [1.82, 2.24) is 15.5 Å². The highest BCUT2D eigenvalue weighted by Crippen LogP contribution is 2.11. The van der Waals surface area contributed by atoms with E-state index in [9.17, 15) is 4.79 Å². The Morgan fingerprint density at radius 2 is 2.08 bits per heavy atom. The maximum atomic E-state index is 11.6. The molecule has 1 saturated heterocycles. The first-order valence-corrected chi connectivity index (χ1v) is 9.18. The molecule has 0 saturated carbocycles. The van der Waals surface area contributed by atoms with Crippen LogP contribution in [0.1, 0.15) is 31.7 Å². The number of likely N-dealkylation sites (tertiary alicyclic amines) is 1. The van der Waals surface area contributed by atoms with Crippen molar-refractivity contribution in [2.45, 2.75) is 33.1 Å². The third-order valence-corrected chi connectivity index (χ3v) is 4.06. The molecular formula is C19H30N4O2. The minimum Gasteiger partial charge on any atom is -0.492 e. The Kier molecular flexibility index (Phi) is 8.09. The largest absolute Gasteiger partial charge is 0.492 e. The van der Waals surface area contributed by atoms with Crippen LogP contribution in [0.15, 0.2) is 29.3 Å². The molecular weight excluding hydrogens is 316 g/mol. The second kappa shape index (κ2) is 10.6. The summed E-state index contributed by atoms with van der Waals surface area (Å²) in [7, 11) is 0. The molecule has 1 aromatic rings. The van der Waals surface area contributed by atoms with E-state index in [0.29, 0.717) is 26.1 Å². The second-order valence-corrected chi connectivity index (χ2v) is 6.19. The van der Waals surface area contributed by atoms with Gasteiger partial charge in [0, 0.05) is 32.6 Å². The SMILES string of the molecule is CCNC(=NCCCN1CCCC1=O)NCCOc1ccc(C)cc1. The Bertz CT molecular complexity index is 557. The molecule has 25 heavy (non-hydrogen) atoms. The zero-order valence-electron chi connectivity index (χ0n) is 15.4. The number of rotatable bonds is 9. The van der Waals surface area contributed by atoms with Gasteiger partial charge in [-0.15, -0.1) is 0 Å². The smallest absolute Gasteiger partial charge is 0.222 e. The molecule has 1 amide bonds. The number of nitrogens with one attached hydrogen (secondary N) is 2. The number of ether oxygens (including phenoxy) is 1. The maximum absolute atomic E-state index is 11.6. The number of amides is 1. The third kappa shape index (κ3) is 7.03. The van der Waals surface area contributed by atoms with Crippen LogP contribution in [0.5, 0.6) is 5.75 Å². The molecule has 138 valence electrons. The van der Waals surface area contributed by atoms with Crippen molar-refractivity contribution in [3.63, 3.8) is 0 Å². The number of carbonyl (C=O) groups is 1. The van der Waals surface area contributed by atoms with E-state index in [-0.39, 0.29) is 5.91 Å². The van der Waals surface area contributed by atoms with Gasteiger partial charge in [0.15, 0.2) is 5.96 Å². The first-order chi connectivity index (χ1) is 12.2. The summed E-state index contributed by atoms with van der Waals surface area (Å²) < 4.78 is 5.71. The molecule has 1 fully saturated rings. The van der Waals surface area contributed by atoms with E-state index in [2.05, 4.69) is 22.5 Å². The highest BCUT2D eigenvalue weighted by atomic mass is 16.5. The van der Waals surface area contributed by atoms with Crippen LogP contribution in [-0.4, -0.2) is 56.1 Å². The van der Waals surface area contributed by atoms with Gasteiger partial charge in [-0.1, -0.05) is 17.7 Å². The molecule has 2 N–H and O–H groups in total. The maximum Gasteiger partial charge on any atom is 0.222 e. The van der Waals surface area contributed by atoms with Gasteiger partial charge in [-0.3, -0.25) is 9.79 Å². The van der Waals surface area contributed by atoms with Gasteiger partial charge in [0.25, 0.3) is 0 Å². The number of aliphatic imine (C=N–C) groups is 1. The Morgan fingerprint density at radius 3 is 2.76 bits per heavy atom. The predicted octanol–water partition coefficient (Wildman–Crippen LogP) is 1.94. The first-order valence-electron chi connectivity index (χ1n) is 9.18. The third-order valence-electron chi connectivity index (χ3n) is 4.06. The van der Waals surface area contributed by atoms with Crippen molar-refractivity contribution in [1.29, 1.82) is 0 Å². The summed E-state index contributed by atoms with van der Waals surface area (Å²) in [5.74, 6) is 1.95. The molecule has 0 spiro atoms. The summed E-state index contributed by atoms with van der Waals surface area (Å²) in [4.78, 5) is 18.1. The quantitative estimate of drug-likeness (QED) is 0.407. The van der Waals surface area contributed by atoms with Crippen molar-refractivity contribution >= 4 is 11.9 Å². The molecule has 2 rings (SSSR count). The van der Waals surface area contributed by atoms with E-state index >= 15 is 0 Å². The van der Waals surface area contributed by atoms with Crippen LogP contribution in [0.25, 0.3) is 0 Å². The van der Waals surface area contributed by atoms with E-state index in [1.54, 1.807) is 0 Å². The standard InChI is InChI=1S/C19H30N4O2/c1-3-20-19(21-11-5-14-23-13-4-6-18(23)24)22-12-15-25-17-9-7-16(2)8-10-17/h7-10H,3-6,11-15H2,1-2H3,(H2,20,21,22). The predicted molar refractivity (Wildman–Crippen MR) is 101 cm³/mol. The van der Waals surface area contributed by atoms with Gasteiger partial charge in [0.1, 0.15) is 12.4 Å². The summed E-state index contributed by atoms with van der Waals surface area (Å²) in [6, 6.07) is 8.04. The molecule has 0 aromatic heterocycles. The Morgan fingerprint density at radius 1 is 1.28 bits per heavy atom. The van der Waals surface area contributed by atoms with Crippen LogP contribution >= 0.6 is 0 Å². The molecule has 0 radical (unpaired) electrons. The lowest BCUT2D eigenvalue weighted by atomic mass is 10.2. The van der Waals surface area contributed by atoms with Gasteiger partial charge in [0.05, 0.1) is 6.54 Å². The van der Waals surface area contributed by atoms with Gasteiger partial charge in [0.2, 0.25) is 5.91 Å². The minimum absolute atomic E-state index is 0.280. The van der Waals surface area contributed by atoms with Crippen molar-refractivity contribution in [3.05, 3.63) is 29.8 Å². The fraction of sp³-hybridized carbons (Fsp3) is 0.579. The monoisotopic (exact) mass is 346 g/mol. The van der Waals surface area contributed by atoms with Gasteiger partial charge < -0.3 is 20.3 Å². The zero-order chi connectivity index (χ0) is 17.9. The van der Waals surface area contributed by atoms with Crippen LogP contribution in [0.4, 0.5) is 0 Å². The van der Waals surface area contributed by atoms with E-state index < -0.39 is 0 Å². The Balaban J connectivity index is 1.64. The fourth-order valence-electron chi connectivity index (χ4n) is 2.71. The molecule has 1 aliphatic heterocycles. The number of guanidine groups is 1. The minimum atomic E-state index is 0.280. The van der Waals surface area contributed by atoms with E-state index in [0.717, 1.165) is 44.2 Å². The molecule has 0 aliphatic carbocycles. The van der Waals surface area contributed by atoms with Crippen molar-refractivity contribution in [2.75, 3.05) is 39.3 Å². The molecule has 0 atom stereocenters. The van der Waals surface area contributed by atoms with Gasteiger partial charge in [-0.25, -0.2) is 0 Å². The summed E-state index contributed by atoms with van der Waals surface area (Å²) in [5.41, 5.74) is 1.22. The lowest BCUT2D eigenvalue weighted by Gasteiger charge is -2.15. The van der Waals surface area contributed by atoms with Gasteiger partial charge >= 0.3 is 0 Å². The highest BCUT2D eigenvalue weighted by molar-refractivity contribution is 5.79. The molecule has 1 heterocycles. The number of hydrogen-bond acceptors (Lipinski definition) is 3. The van der Waals surface area contributed by atoms with Crippen LogP contribution in [0.2, 0.25) is 0 Å².